The molecule has 9 heteroatoms. The van der Waals surface area contributed by atoms with Crippen LogP contribution in [0.2, 0.25) is 0 Å². The molecule has 0 aliphatic carbocycles. The van der Waals surface area contributed by atoms with E-state index in [2.05, 4.69) is 9.97 Å². The van der Waals surface area contributed by atoms with Crippen LogP contribution < -0.4 is 10.6 Å². The molecule has 1 amide bonds. The molecule has 0 aromatic carbocycles. The van der Waals surface area contributed by atoms with Crippen molar-refractivity contribution in [1.82, 2.24) is 14.9 Å². The Labute approximate surface area is 113 Å². The minimum absolute atomic E-state index is 0.182. The topological polar surface area (TPSA) is 75.4 Å². The van der Waals surface area contributed by atoms with Crippen molar-refractivity contribution in [3.8, 4) is 0 Å². The predicted molar refractivity (Wildman–Crippen MR) is 64.9 cm³/mol. The first-order valence-electron chi connectivity index (χ1n) is 6.01. The number of nitrogens with two attached hydrogens (primary N) is 1. The predicted octanol–water partition coefficient (Wildman–Crippen LogP) is 0.103. The highest BCUT2D eigenvalue weighted by atomic mass is 19.4. The molecule has 1 aliphatic rings. The Kier molecular flexibility index (Phi) is 4.07. The largest absolute Gasteiger partial charge is 0.419 e. The summed E-state index contributed by atoms with van der Waals surface area (Å²) >= 11 is 0. The highest BCUT2D eigenvalue weighted by molar-refractivity contribution is 5.75. The summed E-state index contributed by atoms with van der Waals surface area (Å²) in [6.07, 6.45) is -2.88. The number of carbonyl (C=O) groups is 1. The van der Waals surface area contributed by atoms with Crippen molar-refractivity contribution in [2.45, 2.75) is 6.18 Å². The first kappa shape index (κ1) is 14.5. The zero-order valence-electron chi connectivity index (χ0n) is 10.6. The van der Waals surface area contributed by atoms with Crippen LogP contribution in [0.1, 0.15) is 5.56 Å². The SMILES string of the molecule is NC(=O)CN1CCN(c2ncc(C(F)(F)F)cn2)CC1. The molecular formula is C11H14F3N5O. The van der Waals surface area contributed by atoms with E-state index in [1.54, 1.807) is 4.90 Å². The number of carbonyl (C=O) groups excluding carboxylic acids is 1. The highest BCUT2D eigenvalue weighted by Crippen LogP contribution is 2.28. The lowest BCUT2D eigenvalue weighted by molar-refractivity contribution is -0.138. The number of aromatic nitrogens is 2. The van der Waals surface area contributed by atoms with Crippen LogP contribution >= 0.6 is 0 Å². The monoisotopic (exact) mass is 289 g/mol. The molecule has 0 unspecified atom stereocenters. The lowest BCUT2D eigenvalue weighted by atomic mass is 10.3. The number of hydrogen-bond acceptors (Lipinski definition) is 5. The number of anilines is 1. The molecular weight excluding hydrogens is 275 g/mol. The Balaban J connectivity index is 1.95. The molecule has 0 spiro atoms. The summed E-state index contributed by atoms with van der Waals surface area (Å²) in [5.74, 6) is -0.138. The molecule has 110 valence electrons. The molecule has 1 aromatic heterocycles. The van der Waals surface area contributed by atoms with Crippen molar-refractivity contribution in [2.75, 3.05) is 37.6 Å². The molecule has 2 N–H and O–H groups in total. The minimum atomic E-state index is -4.43. The van der Waals surface area contributed by atoms with Gasteiger partial charge in [-0.2, -0.15) is 13.2 Å². The summed E-state index contributed by atoms with van der Waals surface area (Å²) in [5, 5.41) is 0. The number of hydrogen-bond donors (Lipinski definition) is 1. The molecule has 0 atom stereocenters. The molecule has 1 fully saturated rings. The van der Waals surface area contributed by atoms with E-state index in [9.17, 15) is 18.0 Å². The van der Waals surface area contributed by atoms with Gasteiger partial charge < -0.3 is 10.6 Å². The smallest absolute Gasteiger partial charge is 0.369 e. The van der Waals surface area contributed by atoms with Crippen LogP contribution in [0.3, 0.4) is 0 Å². The van der Waals surface area contributed by atoms with E-state index >= 15 is 0 Å². The third kappa shape index (κ3) is 3.56. The first-order chi connectivity index (χ1) is 9.36. The molecule has 20 heavy (non-hydrogen) atoms. The number of primary amides is 1. The third-order valence-electron chi connectivity index (χ3n) is 3.00. The van der Waals surface area contributed by atoms with Crippen molar-refractivity contribution < 1.29 is 18.0 Å². The second-order valence-electron chi connectivity index (χ2n) is 4.50. The van der Waals surface area contributed by atoms with Gasteiger partial charge >= 0.3 is 6.18 Å². The van der Waals surface area contributed by atoms with Gasteiger partial charge in [-0.05, 0) is 0 Å². The van der Waals surface area contributed by atoms with E-state index in [0.717, 1.165) is 12.4 Å². The van der Waals surface area contributed by atoms with Gasteiger partial charge in [0.05, 0.1) is 12.1 Å². The van der Waals surface area contributed by atoms with E-state index in [1.165, 1.54) is 0 Å². The number of rotatable bonds is 3. The average Bonchev–Trinajstić information content (AvgIpc) is 2.38. The number of amides is 1. The Morgan fingerprint density at radius 3 is 2.20 bits per heavy atom. The van der Waals surface area contributed by atoms with Gasteiger partial charge in [0.25, 0.3) is 0 Å². The maximum Gasteiger partial charge on any atom is 0.419 e. The van der Waals surface area contributed by atoms with E-state index in [4.69, 9.17) is 5.73 Å². The maximum absolute atomic E-state index is 12.4. The van der Waals surface area contributed by atoms with Gasteiger partial charge in [0, 0.05) is 38.6 Å². The average molecular weight is 289 g/mol. The van der Waals surface area contributed by atoms with Crippen LogP contribution in [0.4, 0.5) is 19.1 Å². The lowest BCUT2D eigenvalue weighted by Gasteiger charge is -2.33. The zero-order valence-corrected chi connectivity index (χ0v) is 10.6. The van der Waals surface area contributed by atoms with Crippen LogP contribution in [0.15, 0.2) is 12.4 Å². The molecule has 6 nitrogen and oxygen atoms in total. The molecule has 2 heterocycles. The minimum Gasteiger partial charge on any atom is -0.369 e. The number of halogens is 3. The van der Waals surface area contributed by atoms with Crippen LogP contribution in [-0.4, -0.2) is 53.5 Å². The highest BCUT2D eigenvalue weighted by Gasteiger charge is 2.31. The van der Waals surface area contributed by atoms with Gasteiger partial charge in [-0.15, -0.1) is 0 Å². The number of nitrogens with zero attached hydrogens (tertiary/aromatic N) is 4. The Hall–Kier alpha value is -1.90. The van der Waals surface area contributed by atoms with Gasteiger partial charge in [-0.1, -0.05) is 0 Å². The van der Waals surface area contributed by atoms with Gasteiger partial charge in [-0.3, -0.25) is 9.69 Å². The number of piperazine rings is 1. The van der Waals surface area contributed by atoms with Crippen LogP contribution in [0.5, 0.6) is 0 Å². The molecule has 0 saturated carbocycles. The van der Waals surface area contributed by atoms with Gasteiger partial charge in [0.15, 0.2) is 0 Å². The first-order valence-corrected chi connectivity index (χ1v) is 6.01. The van der Waals surface area contributed by atoms with E-state index in [1.807, 2.05) is 4.90 Å². The third-order valence-corrected chi connectivity index (χ3v) is 3.00. The molecule has 1 aliphatic heterocycles. The van der Waals surface area contributed by atoms with Crippen molar-refractivity contribution in [1.29, 1.82) is 0 Å². The molecule has 2 rings (SSSR count). The molecule has 1 saturated heterocycles. The van der Waals surface area contributed by atoms with Gasteiger partial charge in [-0.25, -0.2) is 9.97 Å². The molecule has 1 aromatic rings. The second kappa shape index (κ2) is 5.61. The Bertz CT molecular complexity index is 468. The lowest BCUT2D eigenvalue weighted by Crippen LogP contribution is -2.49. The second-order valence-corrected chi connectivity index (χ2v) is 4.50. The Morgan fingerprint density at radius 1 is 1.20 bits per heavy atom. The fourth-order valence-electron chi connectivity index (χ4n) is 1.96. The number of alkyl halides is 3. The zero-order chi connectivity index (χ0) is 14.8. The van der Waals surface area contributed by atoms with Crippen LogP contribution in [0, 0.1) is 0 Å². The Morgan fingerprint density at radius 2 is 1.75 bits per heavy atom. The standard InChI is InChI=1S/C11H14F3N5O/c12-11(13,14)8-5-16-10(17-6-8)19-3-1-18(2-4-19)7-9(15)20/h5-6H,1-4,7H2,(H2,15,20). The van der Waals surface area contributed by atoms with E-state index in [-0.39, 0.29) is 12.5 Å². The quantitative estimate of drug-likeness (QED) is 0.854. The van der Waals surface area contributed by atoms with Crippen molar-refractivity contribution in [3.05, 3.63) is 18.0 Å². The summed E-state index contributed by atoms with van der Waals surface area (Å²) in [5.41, 5.74) is 4.23. The molecule has 0 bridgehead atoms. The summed E-state index contributed by atoms with van der Waals surface area (Å²) < 4.78 is 37.2. The van der Waals surface area contributed by atoms with Crippen molar-refractivity contribution in [3.63, 3.8) is 0 Å². The van der Waals surface area contributed by atoms with E-state index in [0.29, 0.717) is 26.2 Å². The summed E-state index contributed by atoms with van der Waals surface area (Å²) in [7, 11) is 0. The van der Waals surface area contributed by atoms with Crippen molar-refractivity contribution >= 4 is 11.9 Å². The summed E-state index contributed by atoms with van der Waals surface area (Å²) in [4.78, 5) is 21.9. The maximum atomic E-state index is 12.4. The summed E-state index contributed by atoms with van der Waals surface area (Å²) in [6.45, 7) is 2.44. The fourth-order valence-corrected chi connectivity index (χ4v) is 1.96. The van der Waals surface area contributed by atoms with Crippen LogP contribution in [0.25, 0.3) is 0 Å². The fraction of sp³-hybridized carbons (Fsp3) is 0.545. The van der Waals surface area contributed by atoms with Crippen LogP contribution in [-0.2, 0) is 11.0 Å². The molecule has 0 radical (unpaired) electrons. The van der Waals surface area contributed by atoms with E-state index < -0.39 is 17.6 Å². The van der Waals surface area contributed by atoms with Crippen molar-refractivity contribution in [2.24, 2.45) is 5.73 Å². The van der Waals surface area contributed by atoms with Gasteiger partial charge in [0.1, 0.15) is 0 Å². The van der Waals surface area contributed by atoms with Gasteiger partial charge in [0.2, 0.25) is 11.9 Å². The normalized spacial score (nSPS) is 17.2. The summed E-state index contributed by atoms with van der Waals surface area (Å²) in [6, 6.07) is 0.